The van der Waals surface area contributed by atoms with Crippen molar-refractivity contribution >= 4 is 17.3 Å². The average molecular weight is 300 g/mol. The van der Waals surface area contributed by atoms with E-state index in [0.29, 0.717) is 19.1 Å². The van der Waals surface area contributed by atoms with Crippen LogP contribution in [0.25, 0.3) is 0 Å². The fourth-order valence-corrected chi connectivity index (χ4v) is 1.96. The molecule has 0 aliphatic rings. The Kier molecular flexibility index (Phi) is 6.04. The first-order chi connectivity index (χ1) is 9.90. The molecule has 2 N–H and O–H groups in total. The first-order valence-electron chi connectivity index (χ1n) is 6.37. The van der Waals surface area contributed by atoms with Gasteiger partial charge in [0.1, 0.15) is 5.56 Å². The van der Waals surface area contributed by atoms with Crippen molar-refractivity contribution in [3.05, 3.63) is 33.6 Å². The van der Waals surface area contributed by atoms with Crippen LogP contribution in [-0.2, 0) is 4.74 Å². The van der Waals surface area contributed by atoms with Crippen LogP contribution in [0, 0.1) is 15.9 Å². The van der Waals surface area contributed by atoms with Gasteiger partial charge in [-0.1, -0.05) is 13.3 Å². The molecule has 1 aromatic rings. The van der Waals surface area contributed by atoms with Crippen molar-refractivity contribution in [1.82, 2.24) is 0 Å². The highest BCUT2D eigenvalue weighted by Gasteiger charge is 2.24. The number of nitro benzene ring substituents is 1. The van der Waals surface area contributed by atoms with Crippen LogP contribution >= 0.6 is 0 Å². The van der Waals surface area contributed by atoms with Crippen LogP contribution < -0.4 is 5.32 Å². The molecule has 0 saturated heterocycles. The number of benzene rings is 1. The van der Waals surface area contributed by atoms with Crippen LogP contribution in [0.4, 0.5) is 15.8 Å². The van der Waals surface area contributed by atoms with Gasteiger partial charge < -0.3 is 15.2 Å². The highest BCUT2D eigenvalue weighted by molar-refractivity contribution is 5.93. The minimum atomic E-state index is -1.48. The second kappa shape index (κ2) is 7.53. The Morgan fingerprint density at radius 1 is 1.57 bits per heavy atom. The van der Waals surface area contributed by atoms with E-state index in [1.165, 1.54) is 7.11 Å². The highest BCUT2D eigenvalue weighted by Crippen LogP contribution is 2.27. The first-order valence-corrected chi connectivity index (χ1v) is 6.37. The molecule has 0 aliphatic heterocycles. The zero-order valence-electron chi connectivity index (χ0n) is 11.8. The van der Waals surface area contributed by atoms with Crippen molar-refractivity contribution in [2.24, 2.45) is 0 Å². The summed E-state index contributed by atoms with van der Waals surface area (Å²) >= 11 is 0. The van der Waals surface area contributed by atoms with Crippen molar-refractivity contribution in [2.75, 3.05) is 19.0 Å². The minimum absolute atomic E-state index is 0.0894. The summed E-state index contributed by atoms with van der Waals surface area (Å²) in [7, 11) is 1.50. The lowest BCUT2D eigenvalue weighted by atomic mass is 10.1. The molecule has 1 aromatic carbocycles. The smallest absolute Gasteiger partial charge is 0.342 e. The molecule has 0 bridgehead atoms. The Morgan fingerprint density at radius 3 is 2.71 bits per heavy atom. The molecule has 0 aromatic heterocycles. The van der Waals surface area contributed by atoms with Crippen molar-refractivity contribution in [1.29, 1.82) is 0 Å². The van der Waals surface area contributed by atoms with E-state index in [4.69, 9.17) is 9.84 Å². The molecule has 0 heterocycles. The van der Waals surface area contributed by atoms with Gasteiger partial charge in [-0.15, -0.1) is 0 Å². The summed E-state index contributed by atoms with van der Waals surface area (Å²) in [4.78, 5) is 20.9. The molecule has 1 atom stereocenters. The van der Waals surface area contributed by atoms with E-state index >= 15 is 0 Å². The highest BCUT2D eigenvalue weighted by atomic mass is 19.1. The molecule has 8 heteroatoms. The Hall–Kier alpha value is -2.22. The number of anilines is 1. The Labute approximate surface area is 120 Å². The summed E-state index contributed by atoms with van der Waals surface area (Å²) in [5.41, 5.74) is -1.42. The molecular weight excluding hydrogens is 283 g/mol. The molecule has 0 amide bonds. The van der Waals surface area contributed by atoms with Gasteiger partial charge in [0.05, 0.1) is 23.3 Å². The fraction of sp³-hybridized carbons (Fsp3) is 0.462. The molecule has 116 valence electrons. The number of carboxylic acids is 1. The van der Waals surface area contributed by atoms with E-state index in [2.05, 4.69) is 5.32 Å². The summed E-state index contributed by atoms with van der Waals surface area (Å²) in [5, 5.41) is 22.6. The zero-order chi connectivity index (χ0) is 16.0. The number of methoxy groups -OCH3 is 1. The van der Waals surface area contributed by atoms with E-state index in [1.54, 1.807) is 0 Å². The number of ether oxygens (including phenoxy) is 1. The van der Waals surface area contributed by atoms with Gasteiger partial charge in [0.2, 0.25) is 0 Å². The third kappa shape index (κ3) is 4.38. The molecule has 0 fully saturated rings. The number of aromatic carboxylic acids is 1. The summed E-state index contributed by atoms with van der Waals surface area (Å²) in [6.45, 7) is 2.26. The molecule has 0 radical (unpaired) electrons. The largest absolute Gasteiger partial charge is 0.477 e. The average Bonchev–Trinajstić information content (AvgIpc) is 2.40. The Balaban J connectivity index is 3.15. The third-order valence-electron chi connectivity index (χ3n) is 2.88. The Morgan fingerprint density at radius 2 is 2.24 bits per heavy atom. The second-order valence-electron chi connectivity index (χ2n) is 4.50. The molecule has 0 saturated carbocycles. The maximum atomic E-state index is 13.9. The SMILES string of the molecule is CCCC(COC)Nc1cc(C(=O)O)c([N+](=O)[O-])cc1F. The van der Waals surface area contributed by atoms with Gasteiger partial charge in [-0.05, 0) is 12.5 Å². The monoisotopic (exact) mass is 300 g/mol. The molecule has 0 aliphatic carbocycles. The number of carboxylic acid groups (broad SMARTS) is 1. The van der Waals surface area contributed by atoms with E-state index in [9.17, 15) is 19.3 Å². The summed E-state index contributed by atoms with van der Waals surface area (Å²) in [6, 6.07) is 1.34. The number of hydrogen-bond acceptors (Lipinski definition) is 5. The van der Waals surface area contributed by atoms with Gasteiger partial charge in [-0.25, -0.2) is 9.18 Å². The lowest BCUT2D eigenvalue weighted by molar-refractivity contribution is -0.385. The maximum Gasteiger partial charge on any atom is 0.342 e. The fourth-order valence-electron chi connectivity index (χ4n) is 1.96. The van der Waals surface area contributed by atoms with Crippen molar-refractivity contribution in [3.8, 4) is 0 Å². The predicted molar refractivity (Wildman–Crippen MR) is 74.2 cm³/mol. The van der Waals surface area contributed by atoms with Crippen LogP contribution in [0.1, 0.15) is 30.1 Å². The molecular formula is C13H17FN2O5. The lowest BCUT2D eigenvalue weighted by Gasteiger charge is -2.19. The van der Waals surface area contributed by atoms with E-state index in [-0.39, 0.29) is 11.7 Å². The number of halogens is 1. The van der Waals surface area contributed by atoms with Crippen LogP contribution in [-0.4, -0.2) is 35.8 Å². The normalized spacial score (nSPS) is 12.0. The van der Waals surface area contributed by atoms with Crippen LogP contribution in [0.15, 0.2) is 12.1 Å². The standard InChI is InChI=1S/C13H17FN2O5/c1-3-4-8(7-21-2)15-11-5-9(13(17)18)12(16(19)20)6-10(11)14/h5-6,8,15H,3-4,7H2,1-2H3,(H,17,18). The number of nitro groups is 1. The quantitative estimate of drug-likeness (QED) is 0.565. The van der Waals surface area contributed by atoms with Crippen LogP contribution in [0.3, 0.4) is 0 Å². The number of carbonyl (C=O) groups is 1. The van der Waals surface area contributed by atoms with Crippen molar-refractivity contribution in [2.45, 2.75) is 25.8 Å². The van der Waals surface area contributed by atoms with Gasteiger partial charge >= 0.3 is 5.97 Å². The van der Waals surface area contributed by atoms with Gasteiger partial charge in [-0.3, -0.25) is 10.1 Å². The van der Waals surface area contributed by atoms with E-state index in [1.807, 2.05) is 6.92 Å². The topological polar surface area (TPSA) is 102 Å². The zero-order valence-corrected chi connectivity index (χ0v) is 11.8. The van der Waals surface area contributed by atoms with Crippen LogP contribution in [0.5, 0.6) is 0 Å². The van der Waals surface area contributed by atoms with Gasteiger partial charge in [0, 0.05) is 13.2 Å². The summed E-state index contributed by atoms with van der Waals surface area (Å²) < 4.78 is 18.9. The number of rotatable bonds is 8. The number of nitrogens with zero attached hydrogens (tertiary/aromatic N) is 1. The molecule has 21 heavy (non-hydrogen) atoms. The van der Waals surface area contributed by atoms with Gasteiger partial charge in [0.25, 0.3) is 5.69 Å². The van der Waals surface area contributed by atoms with E-state index in [0.717, 1.165) is 12.5 Å². The third-order valence-corrected chi connectivity index (χ3v) is 2.88. The van der Waals surface area contributed by atoms with Gasteiger partial charge in [-0.2, -0.15) is 0 Å². The number of hydrogen-bond donors (Lipinski definition) is 2. The molecule has 7 nitrogen and oxygen atoms in total. The predicted octanol–water partition coefficient (Wildman–Crippen LogP) is 2.66. The lowest BCUT2D eigenvalue weighted by Crippen LogP contribution is -2.25. The van der Waals surface area contributed by atoms with Crippen molar-refractivity contribution < 1.29 is 24.0 Å². The first kappa shape index (κ1) is 16.8. The second-order valence-corrected chi connectivity index (χ2v) is 4.50. The van der Waals surface area contributed by atoms with Crippen molar-refractivity contribution in [3.63, 3.8) is 0 Å². The summed E-state index contributed by atoms with van der Waals surface area (Å²) in [5.74, 6) is -2.35. The van der Waals surface area contributed by atoms with Crippen LogP contribution in [0.2, 0.25) is 0 Å². The molecule has 1 rings (SSSR count). The van der Waals surface area contributed by atoms with Gasteiger partial charge in [0.15, 0.2) is 5.82 Å². The molecule has 0 spiro atoms. The Bertz CT molecular complexity index is 530. The van der Waals surface area contributed by atoms with E-state index < -0.39 is 28.0 Å². The number of nitrogens with one attached hydrogen (secondary N) is 1. The minimum Gasteiger partial charge on any atom is -0.477 e. The molecule has 1 unspecified atom stereocenters. The summed E-state index contributed by atoms with van der Waals surface area (Å²) in [6.07, 6.45) is 1.51. The maximum absolute atomic E-state index is 13.9.